The number of hydrogen-bond donors (Lipinski definition) is 2. The third-order valence-electron chi connectivity index (χ3n) is 6.81. The lowest BCUT2D eigenvalue weighted by molar-refractivity contribution is -0.331. The van der Waals surface area contributed by atoms with Crippen molar-refractivity contribution < 1.29 is 38.4 Å². The van der Waals surface area contributed by atoms with Crippen molar-refractivity contribution in [3.8, 4) is 12.3 Å². The lowest BCUT2D eigenvalue weighted by Gasteiger charge is -2.51. The molecule has 2 N–H and O–H groups in total. The lowest BCUT2D eigenvalue weighted by Crippen LogP contribution is -2.61. The Morgan fingerprint density at radius 2 is 1.87 bits per heavy atom. The molecule has 5 atom stereocenters. The maximum Gasteiger partial charge on any atom is 0.303 e. The van der Waals surface area contributed by atoms with Crippen LogP contribution in [0.2, 0.25) is 18.1 Å². The molecule has 0 aliphatic carbocycles. The molecule has 0 saturated carbocycles. The highest BCUT2D eigenvalue weighted by Gasteiger charge is 2.58. The minimum absolute atomic E-state index is 0.0310. The van der Waals surface area contributed by atoms with E-state index in [0.717, 1.165) is 6.42 Å². The Labute approximate surface area is 185 Å². The van der Waals surface area contributed by atoms with Gasteiger partial charge in [0, 0.05) is 12.3 Å². The monoisotopic (exact) mass is 456 g/mol. The average Bonchev–Trinajstić information content (AvgIpc) is 3.10. The number of rotatable bonds is 9. The number of ether oxygens (including phenoxy) is 3. The molecule has 0 aromatic carbocycles. The summed E-state index contributed by atoms with van der Waals surface area (Å²) < 4.78 is 24.7. The number of aliphatic carboxylic acids is 2. The van der Waals surface area contributed by atoms with Gasteiger partial charge in [-0.1, -0.05) is 26.7 Å². The first-order chi connectivity index (χ1) is 14.3. The fourth-order valence-corrected chi connectivity index (χ4v) is 5.18. The number of carbonyl (C=O) groups is 2. The summed E-state index contributed by atoms with van der Waals surface area (Å²) in [6.45, 7) is 11.2. The molecule has 0 radical (unpaired) electrons. The SMILES string of the molecule is C#CCO[C@H]1[C@H](CC(=O)O)[C@H](CO[Si](C)(C)C(C)(C)C)O[C@@]2(CCCO2)[C@@H]1CC(=O)O. The van der Waals surface area contributed by atoms with E-state index in [-0.39, 0.29) is 31.1 Å². The van der Waals surface area contributed by atoms with Crippen molar-refractivity contribution in [3.63, 3.8) is 0 Å². The normalized spacial score (nSPS) is 31.5. The van der Waals surface area contributed by atoms with E-state index in [9.17, 15) is 19.8 Å². The fraction of sp³-hybridized carbons (Fsp3) is 0.818. The molecule has 1 spiro atoms. The smallest absolute Gasteiger partial charge is 0.303 e. The van der Waals surface area contributed by atoms with E-state index >= 15 is 0 Å². The van der Waals surface area contributed by atoms with Gasteiger partial charge < -0.3 is 28.8 Å². The average molecular weight is 457 g/mol. The zero-order valence-corrected chi connectivity index (χ0v) is 20.2. The molecule has 8 nitrogen and oxygen atoms in total. The summed E-state index contributed by atoms with van der Waals surface area (Å²) in [6, 6.07) is 0. The van der Waals surface area contributed by atoms with Crippen LogP contribution in [0.5, 0.6) is 0 Å². The van der Waals surface area contributed by atoms with Gasteiger partial charge in [-0.05, 0) is 24.6 Å². The summed E-state index contributed by atoms with van der Waals surface area (Å²) in [5.74, 6) is -2.06. The quantitative estimate of drug-likeness (QED) is 0.402. The van der Waals surface area contributed by atoms with Gasteiger partial charge in [-0.2, -0.15) is 0 Å². The van der Waals surface area contributed by atoms with Gasteiger partial charge in [-0.15, -0.1) is 6.42 Å². The Hall–Kier alpha value is -1.44. The molecular weight excluding hydrogens is 420 g/mol. The standard InChI is InChI=1S/C22H36O8Si/c1-7-10-27-20-15(12-18(23)24)17(14-29-31(5,6)21(2,3)4)30-22(9-8-11-28-22)16(20)13-19(25)26/h1,15-17,20H,8-14H2,2-6H3,(H,23,24)(H,25,26)/t15-,16-,17+,20+,22+/m1/s1. The van der Waals surface area contributed by atoms with E-state index in [1.54, 1.807) is 0 Å². The number of carboxylic acid groups (broad SMARTS) is 2. The van der Waals surface area contributed by atoms with Gasteiger partial charge in [0.2, 0.25) is 0 Å². The maximum absolute atomic E-state index is 11.7. The van der Waals surface area contributed by atoms with Crippen molar-refractivity contribution in [3.05, 3.63) is 0 Å². The second-order valence-electron chi connectivity index (χ2n) is 9.94. The predicted octanol–water partition coefficient (Wildman–Crippen LogP) is 3.11. The van der Waals surface area contributed by atoms with Gasteiger partial charge in [0.05, 0.1) is 44.2 Å². The van der Waals surface area contributed by atoms with Crippen LogP contribution in [0.25, 0.3) is 0 Å². The summed E-state index contributed by atoms with van der Waals surface area (Å²) in [4.78, 5) is 23.4. The Bertz CT molecular complexity index is 687. The van der Waals surface area contributed by atoms with E-state index in [1.165, 1.54) is 0 Å². The summed E-state index contributed by atoms with van der Waals surface area (Å²) in [5.41, 5.74) is 0. The lowest BCUT2D eigenvalue weighted by atomic mass is 9.75. The molecule has 176 valence electrons. The summed E-state index contributed by atoms with van der Waals surface area (Å²) in [7, 11) is -2.14. The first-order valence-corrected chi connectivity index (χ1v) is 13.7. The van der Waals surface area contributed by atoms with Crippen LogP contribution in [0, 0.1) is 24.2 Å². The highest BCUT2D eigenvalue weighted by molar-refractivity contribution is 6.74. The maximum atomic E-state index is 11.7. The molecule has 2 rings (SSSR count). The van der Waals surface area contributed by atoms with Crippen molar-refractivity contribution in [2.45, 2.75) is 82.6 Å². The highest BCUT2D eigenvalue weighted by Crippen LogP contribution is 2.48. The molecule has 2 aliphatic heterocycles. The molecule has 2 heterocycles. The molecule has 0 unspecified atom stereocenters. The summed E-state index contributed by atoms with van der Waals surface area (Å²) >= 11 is 0. The van der Waals surface area contributed by atoms with E-state index in [2.05, 4.69) is 39.8 Å². The fourth-order valence-electron chi connectivity index (χ4n) is 4.17. The molecule has 2 aliphatic rings. The van der Waals surface area contributed by atoms with Crippen molar-refractivity contribution >= 4 is 20.3 Å². The minimum atomic E-state index is -2.14. The topological polar surface area (TPSA) is 112 Å². The molecule has 9 heteroatoms. The molecule has 2 saturated heterocycles. The van der Waals surface area contributed by atoms with Crippen LogP contribution in [0.4, 0.5) is 0 Å². The van der Waals surface area contributed by atoms with E-state index in [4.69, 9.17) is 25.1 Å². The van der Waals surface area contributed by atoms with Crippen molar-refractivity contribution in [2.75, 3.05) is 19.8 Å². The van der Waals surface area contributed by atoms with Crippen molar-refractivity contribution in [1.29, 1.82) is 0 Å². The second-order valence-corrected chi connectivity index (χ2v) is 14.7. The van der Waals surface area contributed by atoms with Crippen molar-refractivity contribution in [2.24, 2.45) is 11.8 Å². The zero-order chi connectivity index (χ0) is 23.4. The highest BCUT2D eigenvalue weighted by atomic mass is 28.4. The van der Waals surface area contributed by atoms with Gasteiger partial charge >= 0.3 is 11.9 Å². The molecule has 0 bridgehead atoms. The van der Waals surface area contributed by atoms with Crippen LogP contribution in [-0.2, 0) is 28.2 Å². The Kier molecular flexibility index (Phi) is 8.33. The second kappa shape index (κ2) is 10.0. The van der Waals surface area contributed by atoms with Crippen molar-refractivity contribution in [1.82, 2.24) is 0 Å². The molecule has 0 aromatic heterocycles. The molecule has 0 aromatic rings. The van der Waals surface area contributed by atoms with Gasteiger partial charge in [0.15, 0.2) is 14.1 Å². The largest absolute Gasteiger partial charge is 0.481 e. The van der Waals surface area contributed by atoms with E-state index in [0.29, 0.717) is 13.0 Å². The molecular formula is C22H36O8Si. The zero-order valence-electron chi connectivity index (χ0n) is 19.2. The molecule has 0 amide bonds. The van der Waals surface area contributed by atoms with E-state index in [1.807, 2.05) is 0 Å². The van der Waals surface area contributed by atoms with Crippen LogP contribution in [0.1, 0.15) is 46.5 Å². The van der Waals surface area contributed by atoms with Gasteiger partial charge in [0.1, 0.15) is 6.61 Å². The van der Waals surface area contributed by atoms with Crippen LogP contribution in [0.3, 0.4) is 0 Å². The Balaban J connectivity index is 2.41. The number of terminal acetylenes is 1. The van der Waals surface area contributed by atoms with Gasteiger partial charge in [0.25, 0.3) is 0 Å². The molecule has 31 heavy (non-hydrogen) atoms. The minimum Gasteiger partial charge on any atom is -0.481 e. The summed E-state index contributed by atoms with van der Waals surface area (Å²) in [6.07, 6.45) is 4.77. The Morgan fingerprint density at radius 1 is 1.23 bits per heavy atom. The van der Waals surface area contributed by atoms with Crippen LogP contribution in [-0.4, -0.2) is 68.3 Å². The predicted molar refractivity (Wildman–Crippen MR) is 116 cm³/mol. The third-order valence-corrected chi connectivity index (χ3v) is 11.3. The first kappa shape index (κ1) is 25.8. The van der Waals surface area contributed by atoms with Crippen LogP contribution >= 0.6 is 0 Å². The van der Waals surface area contributed by atoms with Gasteiger partial charge in [-0.3, -0.25) is 9.59 Å². The number of hydrogen-bond acceptors (Lipinski definition) is 6. The molecule has 2 fully saturated rings. The first-order valence-electron chi connectivity index (χ1n) is 10.8. The van der Waals surface area contributed by atoms with Crippen LogP contribution < -0.4 is 0 Å². The van der Waals surface area contributed by atoms with Crippen LogP contribution in [0.15, 0.2) is 0 Å². The van der Waals surface area contributed by atoms with Gasteiger partial charge in [-0.25, -0.2) is 0 Å². The summed E-state index contributed by atoms with van der Waals surface area (Å²) in [5, 5.41) is 19.1. The Morgan fingerprint density at radius 3 is 2.35 bits per heavy atom. The third kappa shape index (κ3) is 6.08. The number of carboxylic acids is 2. The van der Waals surface area contributed by atoms with E-state index < -0.39 is 50.1 Å².